The third-order valence-electron chi connectivity index (χ3n) is 4.17. The first kappa shape index (κ1) is 16.2. The zero-order chi connectivity index (χ0) is 16.9. The molecule has 1 aromatic carbocycles. The molecule has 0 spiro atoms. The molecule has 124 valence electrons. The Bertz CT molecular complexity index is 742. The third-order valence-corrected chi connectivity index (χ3v) is 4.17. The largest absolute Gasteiger partial charge is 0.357 e. The fourth-order valence-corrected chi connectivity index (χ4v) is 2.97. The Kier molecular flexibility index (Phi) is 4.89. The van der Waals surface area contributed by atoms with Gasteiger partial charge in [0, 0.05) is 19.3 Å². The van der Waals surface area contributed by atoms with Gasteiger partial charge >= 0.3 is 0 Å². The molecule has 2 heterocycles. The third kappa shape index (κ3) is 3.62. The molecule has 24 heavy (non-hydrogen) atoms. The molecule has 5 nitrogen and oxygen atoms in total. The number of carbonyl (C=O) groups excluding carboxylic acids is 1. The van der Waals surface area contributed by atoms with E-state index in [-0.39, 0.29) is 11.9 Å². The quantitative estimate of drug-likeness (QED) is 0.939. The van der Waals surface area contributed by atoms with Crippen molar-refractivity contribution in [3.05, 3.63) is 59.4 Å². The van der Waals surface area contributed by atoms with Crippen LogP contribution in [0.3, 0.4) is 0 Å². The number of nitrogens with zero attached hydrogens (tertiary/aromatic N) is 3. The van der Waals surface area contributed by atoms with E-state index in [0.29, 0.717) is 11.6 Å². The van der Waals surface area contributed by atoms with E-state index in [9.17, 15) is 4.79 Å². The minimum Gasteiger partial charge on any atom is -0.357 e. The minimum atomic E-state index is -0.0304. The molecule has 1 amide bonds. The van der Waals surface area contributed by atoms with E-state index in [1.54, 1.807) is 13.1 Å². The molecule has 0 aliphatic carbocycles. The summed E-state index contributed by atoms with van der Waals surface area (Å²) in [4.78, 5) is 23.3. The van der Waals surface area contributed by atoms with Gasteiger partial charge in [0.05, 0.1) is 6.04 Å². The van der Waals surface area contributed by atoms with E-state index in [4.69, 9.17) is 0 Å². The molecule has 5 heteroatoms. The first-order chi connectivity index (χ1) is 11.7. The van der Waals surface area contributed by atoms with Crippen molar-refractivity contribution in [3.63, 3.8) is 0 Å². The van der Waals surface area contributed by atoms with Gasteiger partial charge in [-0.25, -0.2) is 9.97 Å². The topological polar surface area (TPSA) is 58.1 Å². The van der Waals surface area contributed by atoms with Crippen molar-refractivity contribution in [2.75, 3.05) is 18.9 Å². The van der Waals surface area contributed by atoms with Gasteiger partial charge in [-0.3, -0.25) is 4.79 Å². The Morgan fingerprint density at radius 3 is 2.83 bits per heavy atom. The predicted molar refractivity (Wildman–Crippen MR) is 95.9 cm³/mol. The van der Waals surface area contributed by atoms with E-state index in [0.717, 1.165) is 30.6 Å². The van der Waals surface area contributed by atoms with E-state index >= 15 is 0 Å². The predicted octanol–water partition coefficient (Wildman–Crippen LogP) is 3.14. The summed E-state index contributed by atoms with van der Waals surface area (Å²) in [5.41, 5.74) is 2.38. The number of nitrogens with one attached hydrogen (secondary N) is 1. The van der Waals surface area contributed by atoms with Crippen LogP contribution in [0.5, 0.6) is 0 Å². The highest BCUT2D eigenvalue weighted by Crippen LogP contribution is 2.22. The summed E-state index contributed by atoms with van der Waals surface area (Å²) in [6, 6.07) is 12.0. The van der Waals surface area contributed by atoms with Gasteiger partial charge in [-0.05, 0) is 31.4 Å². The number of rotatable bonds is 4. The molecule has 1 aromatic heterocycles. The number of carbonyl (C=O) groups is 1. The van der Waals surface area contributed by atoms with Gasteiger partial charge in [0.2, 0.25) is 5.95 Å². The lowest BCUT2D eigenvalue weighted by molar-refractivity contribution is 0.0756. The van der Waals surface area contributed by atoms with Crippen LogP contribution in [0.4, 0.5) is 5.95 Å². The zero-order valence-electron chi connectivity index (χ0n) is 14.1. The molecule has 0 saturated carbocycles. The highest BCUT2D eigenvalue weighted by Gasteiger charge is 2.28. The lowest BCUT2D eigenvalue weighted by atomic mass is 10.1. The fraction of sp³-hybridized carbons (Fsp3) is 0.316. The second kappa shape index (κ2) is 7.25. The van der Waals surface area contributed by atoms with Crippen LogP contribution < -0.4 is 5.32 Å². The van der Waals surface area contributed by atoms with Gasteiger partial charge in [-0.15, -0.1) is 0 Å². The fourth-order valence-electron chi connectivity index (χ4n) is 2.97. The molecule has 3 rings (SSSR count). The number of hydrogen-bond acceptors (Lipinski definition) is 4. The Labute approximate surface area is 142 Å². The number of amides is 1. The highest BCUT2D eigenvalue weighted by molar-refractivity contribution is 5.93. The maximum Gasteiger partial charge on any atom is 0.273 e. The molecule has 0 bridgehead atoms. The number of benzene rings is 1. The average Bonchev–Trinajstić information content (AvgIpc) is 3.08. The Balaban J connectivity index is 1.79. The minimum absolute atomic E-state index is 0.0304. The monoisotopic (exact) mass is 322 g/mol. The number of aryl methyl sites for hydroxylation is 1. The second-order valence-corrected chi connectivity index (χ2v) is 5.95. The molecule has 1 atom stereocenters. The van der Waals surface area contributed by atoms with Gasteiger partial charge in [0.1, 0.15) is 5.69 Å². The molecule has 1 saturated heterocycles. The molecular formula is C19H22N4O. The maximum absolute atomic E-state index is 12.9. The molecule has 1 aliphatic heterocycles. The summed E-state index contributed by atoms with van der Waals surface area (Å²) >= 11 is 0. The standard InChI is InChI=1S/C19H22N4O/c1-14-13-17(22-19(20-2)21-14)18(24)23-12-6-9-16(23)11-10-15-7-4-3-5-8-15/h3-5,7-8,10-11,13,16H,6,9,12H2,1-2H3,(H,20,21,22)/b11-10+. The Morgan fingerprint density at radius 1 is 1.29 bits per heavy atom. The van der Waals surface area contributed by atoms with Crippen LogP contribution in [0.15, 0.2) is 42.5 Å². The van der Waals surface area contributed by atoms with Crippen molar-refractivity contribution >= 4 is 17.9 Å². The molecular weight excluding hydrogens is 300 g/mol. The number of likely N-dealkylation sites (tertiary alicyclic amines) is 1. The Morgan fingerprint density at radius 2 is 2.08 bits per heavy atom. The highest BCUT2D eigenvalue weighted by atomic mass is 16.2. The SMILES string of the molecule is CNc1nc(C)cc(C(=O)N2CCCC2/C=C/c2ccccc2)n1. The van der Waals surface area contributed by atoms with Crippen LogP contribution in [0, 0.1) is 6.92 Å². The second-order valence-electron chi connectivity index (χ2n) is 5.95. The van der Waals surface area contributed by atoms with Gasteiger partial charge in [-0.2, -0.15) is 0 Å². The van der Waals surface area contributed by atoms with Crippen LogP contribution in [-0.2, 0) is 0 Å². The molecule has 1 aliphatic rings. The molecule has 1 unspecified atom stereocenters. The van der Waals surface area contributed by atoms with Crippen molar-refractivity contribution in [2.45, 2.75) is 25.8 Å². The smallest absolute Gasteiger partial charge is 0.273 e. The van der Waals surface area contributed by atoms with E-state index in [1.807, 2.05) is 30.0 Å². The number of aromatic nitrogens is 2. The maximum atomic E-state index is 12.9. The van der Waals surface area contributed by atoms with Crippen LogP contribution in [0.2, 0.25) is 0 Å². The van der Waals surface area contributed by atoms with Crippen LogP contribution >= 0.6 is 0 Å². The van der Waals surface area contributed by atoms with E-state index in [1.165, 1.54) is 0 Å². The molecule has 1 fully saturated rings. The van der Waals surface area contributed by atoms with Crippen LogP contribution in [-0.4, -0.2) is 40.4 Å². The molecule has 0 radical (unpaired) electrons. The number of hydrogen-bond donors (Lipinski definition) is 1. The van der Waals surface area contributed by atoms with Crippen molar-refractivity contribution in [1.29, 1.82) is 0 Å². The summed E-state index contributed by atoms with van der Waals surface area (Å²) in [6.45, 7) is 2.64. The average molecular weight is 322 g/mol. The summed E-state index contributed by atoms with van der Waals surface area (Å²) in [6.07, 6.45) is 6.20. The normalized spacial score (nSPS) is 17.4. The lowest BCUT2D eigenvalue weighted by Gasteiger charge is -2.22. The summed E-state index contributed by atoms with van der Waals surface area (Å²) in [7, 11) is 1.75. The summed E-state index contributed by atoms with van der Waals surface area (Å²) in [5, 5.41) is 2.90. The van der Waals surface area contributed by atoms with E-state index < -0.39 is 0 Å². The Hall–Kier alpha value is -2.69. The zero-order valence-corrected chi connectivity index (χ0v) is 14.1. The van der Waals surface area contributed by atoms with Crippen LogP contribution in [0.25, 0.3) is 6.08 Å². The summed E-state index contributed by atoms with van der Waals surface area (Å²) < 4.78 is 0. The van der Waals surface area contributed by atoms with Gasteiger partial charge in [0.15, 0.2) is 0 Å². The number of anilines is 1. The van der Waals surface area contributed by atoms with Crippen molar-refractivity contribution < 1.29 is 4.79 Å². The first-order valence-corrected chi connectivity index (χ1v) is 8.25. The van der Waals surface area contributed by atoms with Crippen molar-refractivity contribution in [2.24, 2.45) is 0 Å². The lowest BCUT2D eigenvalue weighted by Crippen LogP contribution is -2.35. The van der Waals surface area contributed by atoms with Gasteiger partial charge in [-0.1, -0.05) is 42.5 Å². The molecule has 1 N–H and O–H groups in total. The van der Waals surface area contributed by atoms with Crippen LogP contribution in [0.1, 0.15) is 34.6 Å². The van der Waals surface area contributed by atoms with Gasteiger partial charge in [0.25, 0.3) is 5.91 Å². The van der Waals surface area contributed by atoms with Crippen molar-refractivity contribution in [3.8, 4) is 0 Å². The molecule has 2 aromatic rings. The van der Waals surface area contributed by atoms with Gasteiger partial charge < -0.3 is 10.2 Å². The summed E-state index contributed by atoms with van der Waals surface area (Å²) in [5.74, 6) is 0.450. The van der Waals surface area contributed by atoms with Crippen molar-refractivity contribution in [1.82, 2.24) is 14.9 Å². The first-order valence-electron chi connectivity index (χ1n) is 8.25. The van der Waals surface area contributed by atoms with E-state index in [2.05, 4.69) is 39.6 Å².